The summed E-state index contributed by atoms with van der Waals surface area (Å²) in [6, 6.07) is 8.34. The predicted octanol–water partition coefficient (Wildman–Crippen LogP) is 4.28. The minimum Gasteiger partial charge on any atom is -0.465 e. The predicted molar refractivity (Wildman–Crippen MR) is 84.8 cm³/mol. The average Bonchev–Trinajstić information content (AvgIpc) is 2.48. The van der Waals surface area contributed by atoms with Crippen molar-refractivity contribution in [3.05, 3.63) is 62.8 Å². The third kappa shape index (κ3) is 3.64. The van der Waals surface area contributed by atoms with E-state index in [9.17, 15) is 14.0 Å². The number of rotatable bonds is 3. The molecular weight excluding hydrogens is 377 g/mol. The summed E-state index contributed by atoms with van der Waals surface area (Å²) in [4.78, 5) is 23.6. The van der Waals surface area contributed by atoms with Crippen LogP contribution in [0.1, 0.15) is 20.7 Å². The number of esters is 1. The Labute approximate surface area is 139 Å². The van der Waals surface area contributed by atoms with Crippen molar-refractivity contribution in [2.75, 3.05) is 12.4 Å². The maximum absolute atomic E-state index is 13.8. The Bertz CT molecular complexity index is 752. The highest BCUT2D eigenvalue weighted by atomic mass is 79.9. The van der Waals surface area contributed by atoms with E-state index in [-0.39, 0.29) is 21.8 Å². The van der Waals surface area contributed by atoms with Crippen LogP contribution in [-0.4, -0.2) is 19.0 Å². The molecule has 1 N–H and O–H groups in total. The van der Waals surface area contributed by atoms with E-state index in [1.807, 2.05) is 0 Å². The minimum atomic E-state index is -0.674. The van der Waals surface area contributed by atoms with Crippen molar-refractivity contribution >= 4 is 45.1 Å². The van der Waals surface area contributed by atoms with Gasteiger partial charge < -0.3 is 10.1 Å². The maximum Gasteiger partial charge on any atom is 0.337 e. The number of halogens is 3. The summed E-state index contributed by atoms with van der Waals surface area (Å²) in [7, 11) is 1.24. The lowest BCUT2D eigenvalue weighted by molar-refractivity contribution is 0.0600. The van der Waals surface area contributed by atoms with E-state index >= 15 is 0 Å². The first kappa shape index (κ1) is 16.5. The van der Waals surface area contributed by atoms with Gasteiger partial charge in [-0.3, -0.25) is 4.79 Å². The monoisotopic (exact) mass is 385 g/mol. The number of carbonyl (C=O) groups is 2. The van der Waals surface area contributed by atoms with E-state index in [4.69, 9.17) is 11.6 Å². The zero-order valence-corrected chi connectivity index (χ0v) is 13.7. The number of nitrogens with one attached hydrogen (secondary N) is 1. The fourth-order valence-electron chi connectivity index (χ4n) is 1.73. The zero-order valence-electron chi connectivity index (χ0n) is 11.3. The molecule has 2 rings (SSSR count). The molecule has 0 heterocycles. The number of amides is 1. The summed E-state index contributed by atoms with van der Waals surface area (Å²) in [5.41, 5.74) is 0.276. The van der Waals surface area contributed by atoms with E-state index in [0.29, 0.717) is 4.47 Å². The lowest BCUT2D eigenvalue weighted by Gasteiger charge is -2.09. The SMILES string of the molecule is COC(=O)c1ccc(Cl)c(NC(=O)c2ccc(Br)cc2F)c1. The quantitative estimate of drug-likeness (QED) is 0.801. The van der Waals surface area contributed by atoms with Crippen molar-refractivity contribution < 1.29 is 18.7 Å². The standard InChI is InChI=1S/C15H10BrClFNO3/c1-22-15(21)8-2-5-11(17)13(6-8)19-14(20)10-4-3-9(16)7-12(10)18/h2-7H,1H3,(H,19,20). The summed E-state index contributed by atoms with van der Waals surface area (Å²) < 4.78 is 18.9. The Kier molecular flexibility index (Phi) is 5.15. The van der Waals surface area contributed by atoms with Gasteiger partial charge in [0.05, 0.1) is 28.9 Å². The second kappa shape index (κ2) is 6.89. The highest BCUT2D eigenvalue weighted by Crippen LogP contribution is 2.25. The van der Waals surface area contributed by atoms with Gasteiger partial charge in [0.25, 0.3) is 5.91 Å². The van der Waals surface area contributed by atoms with Crippen LogP contribution < -0.4 is 5.32 Å². The molecular formula is C15H10BrClFNO3. The summed E-state index contributed by atoms with van der Waals surface area (Å²) in [6.07, 6.45) is 0. The zero-order chi connectivity index (χ0) is 16.3. The Morgan fingerprint density at radius 3 is 2.59 bits per heavy atom. The molecule has 0 unspecified atom stereocenters. The summed E-state index contributed by atoms with van der Waals surface area (Å²) in [5, 5.41) is 2.69. The Morgan fingerprint density at radius 2 is 1.95 bits per heavy atom. The van der Waals surface area contributed by atoms with Crippen molar-refractivity contribution in [3.8, 4) is 0 Å². The van der Waals surface area contributed by atoms with Crippen molar-refractivity contribution in [3.63, 3.8) is 0 Å². The molecule has 0 radical (unpaired) electrons. The van der Waals surface area contributed by atoms with E-state index < -0.39 is 17.7 Å². The second-order valence-electron chi connectivity index (χ2n) is 4.26. The number of methoxy groups -OCH3 is 1. The Morgan fingerprint density at radius 1 is 1.23 bits per heavy atom. The molecule has 22 heavy (non-hydrogen) atoms. The van der Waals surface area contributed by atoms with E-state index in [0.717, 1.165) is 0 Å². The maximum atomic E-state index is 13.8. The molecule has 0 spiro atoms. The molecule has 7 heteroatoms. The van der Waals surface area contributed by atoms with Gasteiger partial charge in [-0.25, -0.2) is 9.18 Å². The molecule has 4 nitrogen and oxygen atoms in total. The van der Waals surface area contributed by atoms with Gasteiger partial charge in [-0.1, -0.05) is 27.5 Å². The van der Waals surface area contributed by atoms with Gasteiger partial charge in [0.1, 0.15) is 5.82 Å². The molecule has 114 valence electrons. The molecule has 1 amide bonds. The molecule has 0 saturated carbocycles. The highest BCUT2D eigenvalue weighted by molar-refractivity contribution is 9.10. The largest absolute Gasteiger partial charge is 0.465 e. The van der Waals surface area contributed by atoms with E-state index in [1.54, 1.807) is 6.07 Å². The fourth-order valence-corrected chi connectivity index (χ4v) is 2.23. The van der Waals surface area contributed by atoms with E-state index in [2.05, 4.69) is 26.0 Å². The lowest BCUT2D eigenvalue weighted by Crippen LogP contribution is -2.14. The third-order valence-electron chi connectivity index (χ3n) is 2.81. The number of hydrogen-bond donors (Lipinski definition) is 1. The third-order valence-corrected chi connectivity index (χ3v) is 3.63. The van der Waals surface area contributed by atoms with Crippen molar-refractivity contribution in [2.24, 2.45) is 0 Å². The Balaban J connectivity index is 2.29. The first-order chi connectivity index (χ1) is 10.4. The molecule has 2 aromatic rings. The molecule has 0 aliphatic heterocycles. The molecule has 0 aliphatic carbocycles. The molecule has 0 bridgehead atoms. The van der Waals surface area contributed by atoms with Crippen LogP contribution in [0.2, 0.25) is 5.02 Å². The first-order valence-corrected chi connectivity index (χ1v) is 7.23. The molecule has 0 atom stereocenters. The molecule has 0 saturated heterocycles. The Hall–Kier alpha value is -1.92. The van der Waals surface area contributed by atoms with Crippen LogP contribution in [0.5, 0.6) is 0 Å². The number of benzene rings is 2. The van der Waals surface area contributed by atoms with Crippen molar-refractivity contribution in [2.45, 2.75) is 0 Å². The van der Waals surface area contributed by atoms with Gasteiger partial charge in [0.15, 0.2) is 0 Å². The number of carbonyl (C=O) groups excluding carboxylic acids is 2. The van der Waals surface area contributed by atoms with Gasteiger partial charge in [0, 0.05) is 4.47 Å². The second-order valence-corrected chi connectivity index (χ2v) is 5.59. The average molecular weight is 387 g/mol. The molecule has 0 aromatic heterocycles. The van der Waals surface area contributed by atoms with E-state index in [1.165, 1.54) is 37.4 Å². The van der Waals surface area contributed by atoms with Crippen LogP contribution in [0, 0.1) is 5.82 Å². The first-order valence-electron chi connectivity index (χ1n) is 6.06. The number of ether oxygens (including phenoxy) is 1. The molecule has 0 fully saturated rings. The normalized spacial score (nSPS) is 10.2. The molecule has 2 aromatic carbocycles. The fraction of sp³-hybridized carbons (Fsp3) is 0.0667. The van der Waals surface area contributed by atoms with Gasteiger partial charge in [-0.2, -0.15) is 0 Å². The summed E-state index contributed by atoms with van der Waals surface area (Å²) >= 11 is 9.09. The van der Waals surface area contributed by atoms with Crippen LogP contribution in [0.4, 0.5) is 10.1 Å². The lowest BCUT2D eigenvalue weighted by atomic mass is 10.1. The van der Waals surface area contributed by atoms with Crippen molar-refractivity contribution in [1.29, 1.82) is 0 Å². The highest BCUT2D eigenvalue weighted by Gasteiger charge is 2.15. The summed E-state index contributed by atoms with van der Waals surface area (Å²) in [6.45, 7) is 0. The smallest absolute Gasteiger partial charge is 0.337 e. The van der Waals surface area contributed by atoms with Gasteiger partial charge in [-0.15, -0.1) is 0 Å². The number of hydrogen-bond acceptors (Lipinski definition) is 3. The van der Waals surface area contributed by atoms with Crippen LogP contribution in [0.3, 0.4) is 0 Å². The topological polar surface area (TPSA) is 55.4 Å². The van der Waals surface area contributed by atoms with Gasteiger partial charge in [-0.05, 0) is 36.4 Å². The molecule has 0 aliphatic rings. The van der Waals surface area contributed by atoms with Crippen LogP contribution >= 0.6 is 27.5 Å². The summed E-state index contributed by atoms with van der Waals surface area (Å²) in [5.74, 6) is -1.91. The number of anilines is 1. The van der Waals surface area contributed by atoms with Crippen LogP contribution in [0.15, 0.2) is 40.9 Å². The van der Waals surface area contributed by atoms with Gasteiger partial charge in [0.2, 0.25) is 0 Å². The van der Waals surface area contributed by atoms with Crippen LogP contribution in [0.25, 0.3) is 0 Å². The minimum absolute atomic E-state index is 0.136. The van der Waals surface area contributed by atoms with Gasteiger partial charge >= 0.3 is 5.97 Å². The van der Waals surface area contributed by atoms with Crippen molar-refractivity contribution in [1.82, 2.24) is 0 Å². The van der Waals surface area contributed by atoms with Crippen LogP contribution in [-0.2, 0) is 4.74 Å².